The van der Waals surface area contributed by atoms with Crippen LogP contribution < -0.4 is 0 Å². The smallest absolute Gasteiger partial charge is 0.294 e. The van der Waals surface area contributed by atoms with Crippen LogP contribution in [0.1, 0.15) is 17.0 Å². The maximum absolute atomic E-state index is 12.9. The van der Waals surface area contributed by atoms with Gasteiger partial charge in [-0.2, -0.15) is 0 Å². The molecule has 1 aromatic carbocycles. The molecule has 0 N–H and O–H groups in total. The van der Waals surface area contributed by atoms with Crippen LogP contribution in [0.5, 0.6) is 0 Å². The van der Waals surface area contributed by atoms with Gasteiger partial charge in [-0.3, -0.25) is 19.3 Å². The highest BCUT2D eigenvalue weighted by Gasteiger charge is 2.37. The molecule has 0 spiro atoms. The van der Waals surface area contributed by atoms with Gasteiger partial charge in [0.1, 0.15) is 6.54 Å². The maximum Gasteiger partial charge on any atom is 0.294 e. The van der Waals surface area contributed by atoms with Gasteiger partial charge in [0, 0.05) is 29.5 Å². The van der Waals surface area contributed by atoms with Crippen molar-refractivity contribution in [2.75, 3.05) is 32.8 Å². The van der Waals surface area contributed by atoms with Crippen molar-refractivity contribution in [2.45, 2.75) is 13.8 Å². The largest absolute Gasteiger partial charge is 0.378 e. The minimum atomic E-state index is -0.466. The predicted molar refractivity (Wildman–Crippen MR) is 125 cm³/mol. The van der Waals surface area contributed by atoms with E-state index in [-0.39, 0.29) is 17.4 Å². The third-order valence-electron chi connectivity index (χ3n) is 5.44. The number of carbonyl (C=O) groups is 3. The van der Waals surface area contributed by atoms with Crippen LogP contribution in [0.15, 0.2) is 29.2 Å². The van der Waals surface area contributed by atoms with E-state index in [4.69, 9.17) is 27.9 Å². The lowest BCUT2D eigenvalue weighted by Crippen LogP contribution is -2.46. The molecule has 2 saturated heterocycles. The summed E-state index contributed by atoms with van der Waals surface area (Å²) in [6.45, 7) is 5.40. The number of rotatable bonds is 4. The number of amides is 3. The Bertz CT molecular complexity index is 1140. The maximum atomic E-state index is 12.9. The Labute approximate surface area is 199 Å². The van der Waals surface area contributed by atoms with Gasteiger partial charge in [-0.15, -0.1) is 0 Å². The second-order valence-corrected chi connectivity index (χ2v) is 9.36. The standard InChI is InChI=1S/C22H21Cl2N3O4S/c1-13-9-15(14(2)27(13)18-11-16(23)3-4-17(18)24)10-19-21(29)26(22(30)32-19)12-20(28)25-5-7-31-8-6-25/h3-4,9-11H,5-8,12H2,1-2H3/b19-10+. The predicted octanol–water partition coefficient (Wildman–Crippen LogP) is 4.30. The number of thioether (sulfide) groups is 1. The summed E-state index contributed by atoms with van der Waals surface area (Å²) in [5, 5.41) is 0.656. The number of aromatic nitrogens is 1. The second-order valence-electron chi connectivity index (χ2n) is 7.52. The van der Waals surface area contributed by atoms with E-state index >= 15 is 0 Å². The fourth-order valence-corrected chi connectivity index (χ4v) is 4.98. The SMILES string of the molecule is Cc1cc(/C=C2/SC(=O)N(CC(=O)N3CCOCC3)C2=O)c(C)n1-c1cc(Cl)ccc1Cl. The number of morpholine rings is 1. The van der Waals surface area contributed by atoms with Crippen LogP contribution in [0.25, 0.3) is 11.8 Å². The van der Waals surface area contributed by atoms with Gasteiger partial charge in [-0.1, -0.05) is 23.2 Å². The summed E-state index contributed by atoms with van der Waals surface area (Å²) < 4.78 is 7.19. The quantitative estimate of drug-likeness (QED) is 0.593. The van der Waals surface area contributed by atoms with Gasteiger partial charge < -0.3 is 14.2 Å². The van der Waals surface area contributed by atoms with Gasteiger partial charge in [-0.25, -0.2) is 0 Å². The van der Waals surface area contributed by atoms with Crippen molar-refractivity contribution in [3.63, 3.8) is 0 Å². The number of hydrogen-bond acceptors (Lipinski definition) is 5. The summed E-state index contributed by atoms with van der Waals surface area (Å²) in [5.41, 5.74) is 3.27. The van der Waals surface area contributed by atoms with Crippen molar-refractivity contribution in [3.05, 3.63) is 56.2 Å². The number of nitrogens with zero attached hydrogens (tertiary/aromatic N) is 3. The molecule has 32 heavy (non-hydrogen) atoms. The molecule has 1 aromatic heterocycles. The first-order valence-electron chi connectivity index (χ1n) is 10.0. The van der Waals surface area contributed by atoms with Crippen molar-refractivity contribution in [1.29, 1.82) is 0 Å². The van der Waals surface area contributed by atoms with Crippen LogP contribution in [-0.2, 0) is 14.3 Å². The summed E-state index contributed by atoms with van der Waals surface area (Å²) in [6, 6.07) is 7.14. The van der Waals surface area contributed by atoms with Gasteiger partial charge in [0.15, 0.2) is 0 Å². The molecular formula is C22H21Cl2N3O4S. The molecular weight excluding hydrogens is 473 g/mol. The van der Waals surface area contributed by atoms with Gasteiger partial charge in [0.2, 0.25) is 5.91 Å². The fourth-order valence-electron chi connectivity index (χ4n) is 3.79. The zero-order chi connectivity index (χ0) is 23.0. The topological polar surface area (TPSA) is 71.9 Å². The first-order valence-corrected chi connectivity index (χ1v) is 11.6. The summed E-state index contributed by atoms with van der Waals surface area (Å²) in [7, 11) is 0. The van der Waals surface area contributed by atoms with Gasteiger partial charge in [-0.05, 0) is 61.5 Å². The monoisotopic (exact) mass is 493 g/mol. The molecule has 2 aromatic rings. The normalized spacial score (nSPS) is 18.2. The van der Waals surface area contributed by atoms with Crippen LogP contribution in [0, 0.1) is 13.8 Å². The molecule has 0 atom stereocenters. The van der Waals surface area contributed by atoms with Crippen molar-refractivity contribution >= 4 is 58.1 Å². The van der Waals surface area contributed by atoms with Crippen molar-refractivity contribution in [3.8, 4) is 5.69 Å². The van der Waals surface area contributed by atoms with E-state index < -0.39 is 11.1 Å². The Morgan fingerprint density at radius 1 is 1.16 bits per heavy atom. The summed E-state index contributed by atoms with van der Waals surface area (Å²) >= 11 is 13.4. The van der Waals surface area contributed by atoms with Crippen molar-refractivity contribution in [1.82, 2.24) is 14.4 Å². The first-order chi connectivity index (χ1) is 15.3. The Balaban J connectivity index is 1.58. The third kappa shape index (κ3) is 4.45. The molecule has 3 heterocycles. The first kappa shape index (κ1) is 22.9. The van der Waals surface area contributed by atoms with E-state index in [0.29, 0.717) is 36.3 Å². The number of aryl methyl sites for hydroxylation is 1. The van der Waals surface area contributed by atoms with Crippen LogP contribution >= 0.6 is 35.0 Å². The van der Waals surface area contributed by atoms with E-state index in [0.717, 1.165) is 39.3 Å². The van der Waals surface area contributed by atoms with Gasteiger partial charge in [0.25, 0.3) is 11.1 Å². The average molecular weight is 494 g/mol. The number of imide groups is 1. The molecule has 168 valence electrons. The molecule has 0 radical (unpaired) electrons. The zero-order valence-electron chi connectivity index (χ0n) is 17.6. The Hall–Kier alpha value is -2.26. The fraction of sp³-hybridized carbons (Fsp3) is 0.318. The van der Waals surface area contributed by atoms with Crippen LogP contribution in [-0.4, -0.2) is 64.3 Å². The molecule has 7 nitrogen and oxygen atoms in total. The minimum Gasteiger partial charge on any atom is -0.378 e. The third-order valence-corrected chi connectivity index (χ3v) is 6.90. The molecule has 0 aliphatic carbocycles. The lowest BCUT2D eigenvalue weighted by Gasteiger charge is -2.28. The van der Waals surface area contributed by atoms with Gasteiger partial charge in [0.05, 0.1) is 28.8 Å². The number of carbonyl (C=O) groups excluding carboxylic acids is 3. The number of halogens is 2. The van der Waals surface area contributed by atoms with Crippen LogP contribution in [0.3, 0.4) is 0 Å². The summed E-state index contributed by atoms with van der Waals surface area (Å²) in [4.78, 5) is 40.7. The summed E-state index contributed by atoms with van der Waals surface area (Å²) in [6.07, 6.45) is 1.68. The van der Waals surface area contributed by atoms with Crippen LogP contribution in [0.2, 0.25) is 10.0 Å². The molecule has 0 unspecified atom stereocenters. The van der Waals surface area contributed by atoms with Crippen molar-refractivity contribution in [2.24, 2.45) is 0 Å². The highest BCUT2D eigenvalue weighted by molar-refractivity contribution is 8.18. The molecule has 0 bridgehead atoms. The zero-order valence-corrected chi connectivity index (χ0v) is 19.9. The lowest BCUT2D eigenvalue weighted by atomic mass is 10.2. The van der Waals surface area contributed by atoms with Gasteiger partial charge >= 0.3 is 0 Å². The highest BCUT2D eigenvalue weighted by Crippen LogP contribution is 2.35. The van der Waals surface area contributed by atoms with E-state index in [1.165, 1.54) is 0 Å². The second kappa shape index (κ2) is 9.31. The van der Waals surface area contributed by atoms with E-state index in [9.17, 15) is 14.4 Å². The van der Waals surface area contributed by atoms with E-state index in [2.05, 4.69) is 0 Å². The molecule has 2 fully saturated rings. The Morgan fingerprint density at radius 3 is 2.59 bits per heavy atom. The molecule has 4 rings (SSSR count). The number of benzene rings is 1. The van der Waals surface area contributed by atoms with Crippen molar-refractivity contribution < 1.29 is 19.1 Å². The average Bonchev–Trinajstić information content (AvgIpc) is 3.19. The highest BCUT2D eigenvalue weighted by atomic mass is 35.5. The summed E-state index contributed by atoms with van der Waals surface area (Å²) in [5.74, 6) is -0.724. The molecule has 3 amide bonds. The molecule has 0 saturated carbocycles. The molecule has 10 heteroatoms. The molecule has 2 aliphatic rings. The minimum absolute atomic E-state index is 0.259. The number of hydrogen-bond donors (Lipinski definition) is 0. The number of ether oxygens (including phenoxy) is 1. The van der Waals surface area contributed by atoms with E-state index in [1.54, 1.807) is 29.2 Å². The Morgan fingerprint density at radius 2 is 1.88 bits per heavy atom. The van der Waals surface area contributed by atoms with E-state index in [1.807, 2.05) is 24.5 Å². The molecule has 2 aliphatic heterocycles. The lowest BCUT2D eigenvalue weighted by molar-refractivity contribution is -0.139. The van der Waals surface area contributed by atoms with Crippen LogP contribution in [0.4, 0.5) is 4.79 Å². The Kier molecular flexibility index (Phi) is 6.67.